The fourth-order valence-corrected chi connectivity index (χ4v) is 1.66. The van der Waals surface area contributed by atoms with Gasteiger partial charge in [-0.15, -0.1) is 0 Å². The van der Waals surface area contributed by atoms with Crippen molar-refractivity contribution in [3.63, 3.8) is 0 Å². The van der Waals surface area contributed by atoms with Gasteiger partial charge in [0.2, 0.25) is 18.0 Å². The van der Waals surface area contributed by atoms with E-state index in [1.165, 1.54) is 6.39 Å². The number of halogens is 3. The molecule has 0 atom stereocenters. The molecule has 22 heavy (non-hydrogen) atoms. The van der Waals surface area contributed by atoms with Gasteiger partial charge in [0.1, 0.15) is 5.75 Å². The third-order valence-electron chi connectivity index (χ3n) is 2.54. The van der Waals surface area contributed by atoms with E-state index in [9.17, 15) is 8.78 Å². The highest BCUT2D eigenvalue weighted by molar-refractivity contribution is 6.21. The van der Waals surface area contributed by atoms with Gasteiger partial charge in [0.05, 0.1) is 0 Å². The molecule has 0 aliphatic carbocycles. The molecule has 0 bridgehead atoms. The van der Waals surface area contributed by atoms with Crippen molar-refractivity contribution in [2.45, 2.75) is 12.0 Å². The maximum absolute atomic E-state index is 12.9. The number of nitrogens with zero attached hydrogens (tertiary/aromatic N) is 4. The van der Waals surface area contributed by atoms with Gasteiger partial charge < -0.3 is 13.8 Å². The molecule has 0 amide bonds. The molecule has 0 saturated carbocycles. The van der Waals surface area contributed by atoms with E-state index >= 15 is 0 Å². The molecular weight excluding hydrogens is 322 g/mol. The summed E-state index contributed by atoms with van der Waals surface area (Å²) in [6.45, 7) is 0.0944. The molecular formula is C12H7ClF2N4O3. The maximum Gasteiger partial charge on any atom is 0.400 e. The lowest BCUT2D eigenvalue weighted by Crippen LogP contribution is -2.03. The minimum Gasteiger partial charge on any atom is -0.485 e. The fourth-order valence-electron chi connectivity index (χ4n) is 1.58. The molecule has 3 rings (SSSR count). The lowest BCUT2D eigenvalue weighted by atomic mass is 10.2. The average Bonchev–Trinajstić information content (AvgIpc) is 3.16. The van der Waals surface area contributed by atoms with Crippen LogP contribution in [0.3, 0.4) is 0 Å². The first-order chi connectivity index (χ1) is 10.5. The Labute approximate surface area is 126 Å². The zero-order valence-corrected chi connectivity index (χ0v) is 11.5. The molecule has 0 fully saturated rings. The van der Waals surface area contributed by atoms with E-state index in [4.69, 9.17) is 16.3 Å². The summed E-state index contributed by atoms with van der Waals surface area (Å²) in [6.07, 6.45) is 1.18. The van der Waals surface area contributed by atoms with Gasteiger partial charge in [-0.1, -0.05) is 22.4 Å². The molecule has 0 saturated heterocycles. The van der Waals surface area contributed by atoms with Crippen LogP contribution in [-0.2, 0) is 12.0 Å². The standard InChI is InChI=1S/C12H7ClF2N4O3/c13-12(14,15)11-17-10(19-22-11)7-2-1-3-8(4-7)20-5-9-16-6-21-18-9/h1-4,6H,5H2. The first-order valence-corrected chi connectivity index (χ1v) is 6.29. The van der Waals surface area contributed by atoms with E-state index in [1.54, 1.807) is 24.3 Å². The maximum atomic E-state index is 12.9. The van der Waals surface area contributed by atoms with E-state index in [2.05, 4.69) is 29.3 Å². The van der Waals surface area contributed by atoms with E-state index < -0.39 is 11.3 Å². The summed E-state index contributed by atoms with van der Waals surface area (Å²) in [7, 11) is 0. The van der Waals surface area contributed by atoms with Gasteiger partial charge in [-0.25, -0.2) is 0 Å². The molecule has 114 valence electrons. The van der Waals surface area contributed by atoms with Crippen LogP contribution in [0.25, 0.3) is 11.4 Å². The van der Waals surface area contributed by atoms with Gasteiger partial charge in [-0.3, -0.25) is 0 Å². The third kappa shape index (κ3) is 3.19. The van der Waals surface area contributed by atoms with Crippen LogP contribution in [0.2, 0.25) is 0 Å². The largest absolute Gasteiger partial charge is 0.485 e. The minimum atomic E-state index is -3.71. The summed E-state index contributed by atoms with van der Waals surface area (Å²) in [6, 6.07) is 6.49. The molecule has 7 nitrogen and oxygen atoms in total. The molecule has 0 aliphatic rings. The van der Waals surface area contributed by atoms with E-state index in [1.807, 2.05) is 0 Å². The van der Waals surface area contributed by atoms with Crippen LogP contribution in [0.5, 0.6) is 5.75 Å². The lowest BCUT2D eigenvalue weighted by molar-refractivity contribution is 0.0551. The highest BCUT2D eigenvalue weighted by Crippen LogP contribution is 2.32. The van der Waals surface area contributed by atoms with Crippen molar-refractivity contribution < 1.29 is 22.6 Å². The SMILES string of the molecule is FC(F)(Cl)c1nc(-c2cccc(OCc3ncon3)c2)no1. The van der Waals surface area contributed by atoms with Gasteiger partial charge in [-0.2, -0.15) is 18.7 Å². The third-order valence-corrected chi connectivity index (χ3v) is 2.70. The molecule has 0 N–H and O–H groups in total. The Morgan fingerprint density at radius 3 is 2.82 bits per heavy atom. The summed E-state index contributed by atoms with van der Waals surface area (Å²) in [5.74, 6) is -0.178. The summed E-state index contributed by atoms with van der Waals surface area (Å²) in [5.41, 5.74) is 0.432. The molecule has 0 radical (unpaired) electrons. The second-order valence-corrected chi connectivity index (χ2v) is 4.56. The topological polar surface area (TPSA) is 87.1 Å². The Hall–Kier alpha value is -2.55. The van der Waals surface area contributed by atoms with Crippen molar-refractivity contribution >= 4 is 11.6 Å². The van der Waals surface area contributed by atoms with Gasteiger partial charge in [-0.05, 0) is 23.7 Å². The van der Waals surface area contributed by atoms with Crippen molar-refractivity contribution in [3.8, 4) is 17.1 Å². The van der Waals surface area contributed by atoms with E-state index in [0.29, 0.717) is 17.1 Å². The molecule has 2 aromatic heterocycles. The molecule has 1 aromatic carbocycles. The Bertz CT molecular complexity index is 758. The summed E-state index contributed by atoms with van der Waals surface area (Å²) in [4.78, 5) is 7.35. The summed E-state index contributed by atoms with van der Waals surface area (Å²) >= 11 is 4.82. The summed E-state index contributed by atoms with van der Waals surface area (Å²) < 4.78 is 40.2. The zero-order chi connectivity index (χ0) is 15.6. The van der Waals surface area contributed by atoms with Gasteiger partial charge >= 0.3 is 11.3 Å². The van der Waals surface area contributed by atoms with Crippen LogP contribution in [0, 0.1) is 0 Å². The molecule has 2 heterocycles. The smallest absolute Gasteiger partial charge is 0.400 e. The Balaban J connectivity index is 1.77. The van der Waals surface area contributed by atoms with Crippen LogP contribution in [0.15, 0.2) is 39.7 Å². The zero-order valence-electron chi connectivity index (χ0n) is 10.7. The van der Waals surface area contributed by atoms with Crippen LogP contribution >= 0.6 is 11.6 Å². The summed E-state index contributed by atoms with van der Waals surface area (Å²) in [5, 5.41) is 3.34. The predicted octanol–water partition coefficient (Wildman–Crippen LogP) is 2.99. The normalized spacial score (nSPS) is 11.6. The lowest BCUT2D eigenvalue weighted by Gasteiger charge is -2.04. The molecule has 0 aliphatic heterocycles. The number of ether oxygens (including phenoxy) is 1. The van der Waals surface area contributed by atoms with Gasteiger partial charge in [0.15, 0.2) is 6.61 Å². The van der Waals surface area contributed by atoms with Crippen LogP contribution < -0.4 is 4.74 Å². The Kier molecular flexibility index (Phi) is 3.72. The predicted molar refractivity (Wildman–Crippen MR) is 68.1 cm³/mol. The average molecular weight is 329 g/mol. The van der Waals surface area contributed by atoms with E-state index in [-0.39, 0.29) is 12.4 Å². The fraction of sp³-hybridized carbons (Fsp3) is 0.167. The van der Waals surface area contributed by atoms with Crippen LogP contribution in [-0.4, -0.2) is 20.3 Å². The van der Waals surface area contributed by atoms with Crippen molar-refractivity contribution in [3.05, 3.63) is 42.4 Å². The number of hydrogen-bond donors (Lipinski definition) is 0. The second-order valence-electron chi connectivity index (χ2n) is 4.08. The Morgan fingerprint density at radius 1 is 1.27 bits per heavy atom. The second kappa shape index (κ2) is 5.68. The van der Waals surface area contributed by atoms with Crippen molar-refractivity contribution in [2.75, 3.05) is 0 Å². The first-order valence-electron chi connectivity index (χ1n) is 5.92. The van der Waals surface area contributed by atoms with Crippen molar-refractivity contribution in [1.29, 1.82) is 0 Å². The minimum absolute atomic E-state index is 0.0275. The molecule has 10 heteroatoms. The number of rotatable bonds is 5. The Morgan fingerprint density at radius 2 is 2.14 bits per heavy atom. The highest BCUT2D eigenvalue weighted by Gasteiger charge is 2.35. The molecule has 3 aromatic rings. The van der Waals surface area contributed by atoms with Crippen molar-refractivity contribution in [1.82, 2.24) is 20.3 Å². The number of hydrogen-bond acceptors (Lipinski definition) is 7. The van der Waals surface area contributed by atoms with Gasteiger partial charge in [0, 0.05) is 5.56 Å². The van der Waals surface area contributed by atoms with Crippen molar-refractivity contribution in [2.24, 2.45) is 0 Å². The van der Waals surface area contributed by atoms with Crippen LogP contribution in [0.1, 0.15) is 11.7 Å². The van der Waals surface area contributed by atoms with Gasteiger partial charge in [0.25, 0.3) is 0 Å². The quantitative estimate of drug-likeness (QED) is 0.665. The number of benzene rings is 1. The highest BCUT2D eigenvalue weighted by atomic mass is 35.5. The molecule has 0 unspecified atom stereocenters. The monoisotopic (exact) mass is 328 g/mol. The molecule has 0 spiro atoms. The first kappa shape index (κ1) is 14.4. The number of alkyl halides is 3. The number of aromatic nitrogens is 4. The van der Waals surface area contributed by atoms with E-state index in [0.717, 1.165) is 0 Å². The van der Waals surface area contributed by atoms with Crippen LogP contribution in [0.4, 0.5) is 8.78 Å².